The number of anilines is 2. The molecule has 0 saturated carbocycles. The fourth-order valence-corrected chi connectivity index (χ4v) is 2.57. The average molecular weight is 327 g/mol. The Kier molecular flexibility index (Phi) is 3.73. The zero-order chi connectivity index (χ0) is 16.7. The van der Waals surface area contributed by atoms with E-state index in [0.29, 0.717) is 32.9 Å². The predicted molar refractivity (Wildman–Crippen MR) is 92.3 cm³/mol. The standard InChI is InChI=1S/C15H12BClN4O2/c1-20-10-6-7-18-13(11(10)14(22)21(2)15(20)23)19-9-5-3-4-8(16)12(9)17/h3-7H,1-2H3,(H,18,19). The maximum absolute atomic E-state index is 12.5. The van der Waals surface area contributed by atoms with Crippen LogP contribution in [0.5, 0.6) is 0 Å². The molecule has 0 amide bonds. The number of aromatic nitrogens is 3. The van der Waals surface area contributed by atoms with E-state index in [-0.39, 0.29) is 0 Å². The predicted octanol–water partition coefficient (Wildman–Crippen LogP) is 0.823. The smallest absolute Gasteiger partial charge is 0.330 e. The molecular formula is C15H12BClN4O2. The Morgan fingerprint density at radius 2 is 1.91 bits per heavy atom. The monoisotopic (exact) mass is 326 g/mol. The van der Waals surface area contributed by atoms with Crippen molar-refractivity contribution in [2.45, 2.75) is 0 Å². The quantitative estimate of drug-likeness (QED) is 0.708. The summed E-state index contributed by atoms with van der Waals surface area (Å²) in [7, 11) is 8.80. The molecule has 0 saturated heterocycles. The van der Waals surface area contributed by atoms with Crippen LogP contribution in [0.2, 0.25) is 5.02 Å². The summed E-state index contributed by atoms with van der Waals surface area (Å²) in [4.78, 5) is 28.7. The summed E-state index contributed by atoms with van der Waals surface area (Å²) >= 11 is 6.17. The second-order valence-electron chi connectivity index (χ2n) is 5.09. The summed E-state index contributed by atoms with van der Waals surface area (Å²) in [5, 5.41) is 3.66. The topological polar surface area (TPSA) is 68.9 Å². The molecular weight excluding hydrogens is 314 g/mol. The Morgan fingerprint density at radius 3 is 2.65 bits per heavy atom. The first-order valence-electron chi connectivity index (χ1n) is 6.77. The molecule has 2 heterocycles. The van der Waals surface area contributed by atoms with Crippen LogP contribution in [0.15, 0.2) is 40.1 Å². The Bertz CT molecular complexity index is 1040. The van der Waals surface area contributed by atoms with Gasteiger partial charge in [0.1, 0.15) is 19.1 Å². The molecule has 6 nitrogen and oxygen atoms in total. The number of hydrogen-bond acceptors (Lipinski definition) is 4. The molecule has 1 N–H and O–H groups in total. The van der Waals surface area contributed by atoms with Gasteiger partial charge in [0.2, 0.25) is 0 Å². The van der Waals surface area contributed by atoms with Crippen molar-refractivity contribution in [1.29, 1.82) is 0 Å². The summed E-state index contributed by atoms with van der Waals surface area (Å²) in [5.74, 6) is 0.311. The molecule has 0 atom stereocenters. The second-order valence-corrected chi connectivity index (χ2v) is 5.47. The molecule has 1 aromatic carbocycles. The van der Waals surface area contributed by atoms with E-state index in [0.717, 1.165) is 4.57 Å². The fourth-order valence-electron chi connectivity index (χ4n) is 2.39. The lowest BCUT2D eigenvalue weighted by molar-refractivity contribution is 0.713. The van der Waals surface area contributed by atoms with Gasteiger partial charge in [0.05, 0.1) is 16.2 Å². The van der Waals surface area contributed by atoms with Crippen molar-refractivity contribution >= 4 is 47.3 Å². The Labute approximate surface area is 137 Å². The normalized spacial score (nSPS) is 10.9. The summed E-state index contributed by atoms with van der Waals surface area (Å²) in [6.07, 6.45) is 1.52. The number of hydrogen-bond donors (Lipinski definition) is 1. The number of aryl methyl sites for hydroxylation is 1. The van der Waals surface area contributed by atoms with Crippen LogP contribution in [-0.4, -0.2) is 22.0 Å². The van der Waals surface area contributed by atoms with E-state index in [1.54, 1.807) is 31.3 Å². The van der Waals surface area contributed by atoms with Gasteiger partial charge in [-0.15, -0.1) is 0 Å². The van der Waals surface area contributed by atoms with Crippen LogP contribution in [0.25, 0.3) is 10.9 Å². The highest BCUT2D eigenvalue weighted by atomic mass is 35.5. The molecule has 0 aliphatic rings. The molecule has 2 aromatic heterocycles. The highest BCUT2D eigenvalue weighted by molar-refractivity contribution is 6.46. The first-order valence-corrected chi connectivity index (χ1v) is 7.15. The maximum Gasteiger partial charge on any atom is 0.330 e. The van der Waals surface area contributed by atoms with Gasteiger partial charge in [-0.2, -0.15) is 0 Å². The minimum Gasteiger partial charge on any atom is -0.338 e. The van der Waals surface area contributed by atoms with Crippen LogP contribution < -0.4 is 22.0 Å². The third-order valence-electron chi connectivity index (χ3n) is 3.66. The van der Waals surface area contributed by atoms with Gasteiger partial charge >= 0.3 is 5.69 Å². The van der Waals surface area contributed by atoms with Gasteiger partial charge in [-0.3, -0.25) is 13.9 Å². The van der Waals surface area contributed by atoms with Crippen LogP contribution in [-0.2, 0) is 14.1 Å². The van der Waals surface area contributed by atoms with E-state index in [1.165, 1.54) is 17.8 Å². The molecule has 23 heavy (non-hydrogen) atoms. The molecule has 0 aliphatic heterocycles. The summed E-state index contributed by atoms with van der Waals surface area (Å²) in [6, 6.07) is 6.76. The van der Waals surface area contributed by atoms with E-state index in [1.807, 2.05) is 0 Å². The lowest BCUT2D eigenvalue weighted by atomic mass is 9.96. The minimum atomic E-state index is -0.432. The number of nitrogens with one attached hydrogen (secondary N) is 1. The van der Waals surface area contributed by atoms with Crippen molar-refractivity contribution < 1.29 is 0 Å². The fraction of sp³-hybridized carbons (Fsp3) is 0.133. The number of rotatable bonds is 2. The van der Waals surface area contributed by atoms with Crippen LogP contribution >= 0.6 is 11.6 Å². The number of benzene rings is 1. The Morgan fingerprint density at radius 1 is 1.17 bits per heavy atom. The van der Waals surface area contributed by atoms with Crippen LogP contribution in [0, 0.1) is 0 Å². The van der Waals surface area contributed by atoms with Crippen molar-refractivity contribution in [3.8, 4) is 0 Å². The number of nitrogens with zero attached hydrogens (tertiary/aromatic N) is 3. The third kappa shape index (κ3) is 2.43. The summed E-state index contributed by atoms with van der Waals surface area (Å²) in [6.45, 7) is 0. The van der Waals surface area contributed by atoms with Crippen molar-refractivity contribution in [3.63, 3.8) is 0 Å². The zero-order valence-corrected chi connectivity index (χ0v) is 13.3. The van der Waals surface area contributed by atoms with Gasteiger partial charge < -0.3 is 5.32 Å². The lowest BCUT2D eigenvalue weighted by Gasteiger charge is -2.13. The van der Waals surface area contributed by atoms with Crippen molar-refractivity contribution in [2.24, 2.45) is 14.1 Å². The molecule has 114 valence electrons. The molecule has 0 spiro atoms. The van der Waals surface area contributed by atoms with Gasteiger partial charge in [0.25, 0.3) is 5.56 Å². The molecule has 0 fully saturated rings. The van der Waals surface area contributed by atoms with Crippen LogP contribution in [0.3, 0.4) is 0 Å². The van der Waals surface area contributed by atoms with Gasteiger partial charge in [-0.25, -0.2) is 9.78 Å². The highest BCUT2D eigenvalue weighted by Gasteiger charge is 2.14. The van der Waals surface area contributed by atoms with Crippen molar-refractivity contribution in [2.75, 3.05) is 5.32 Å². The first-order chi connectivity index (χ1) is 10.9. The van der Waals surface area contributed by atoms with Crippen molar-refractivity contribution in [1.82, 2.24) is 14.1 Å². The number of pyridine rings is 1. The Balaban J connectivity index is 2.29. The van der Waals surface area contributed by atoms with Crippen LogP contribution in [0.4, 0.5) is 11.5 Å². The molecule has 0 unspecified atom stereocenters. The van der Waals surface area contributed by atoms with Gasteiger partial charge in [-0.05, 0) is 12.1 Å². The van der Waals surface area contributed by atoms with Gasteiger partial charge in [0, 0.05) is 20.3 Å². The van der Waals surface area contributed by atoms with E-state index >= 15 is 0 Å². The molecule has 3 aromatic rings. The summed E-state index contributed by atoms with van der Waals surface area (Å²) < 4.78 is 2.43. The Hall–Kier alpha value is -2.54. The molecule has 2 radical (unpaired) electrons. The van der Waals surface area contributed by atoms with Gasteiger partial charge in [0.15, 0.2) is 0 Å². The van der Waals surface area contributed by atoms with Gasteiger partial charge in [-0.1, -0.05) is 29.2 Å². The lowest BCUT2D eigenvalue weighted by Crippen LogP contribution is -2.37. The largest absolute Gasteiger partial charge is 0.338 e. The van der Waals surface area contributed by atoms with E-state index in [4.69, 9.17) is 19.4 Å². The van der Waals surface area contributed by atoms with E-state index < -0.39 is 11.2 Å². The minimum absolute atomic E-state index is 0.301. The van der Waals surface area contributed by atoms with Crippen LogP contribution in [0.1, 0.15) is 0 Å². The molecule has 0 aliphatic carbocycles. The third-order valence-corrected chi connectivity index (χ3v) is 4.09. The maximum atomic E-state index is 12.5. The zero-order valence-electron chi connectivity index (χ0n) is 12.5. The van der Waals surface area contributed by atoms with Crippen molar-refractivity contribution in [3.05, 3.63) is 56.3 Å². The molecule has 0 bridgehead atoms. The SMILES string of the molecule is [B]c1cccc(Nc2nccc3c2c(=O)n(C)c(=O)n3C)c1Cl. The van der Waals surface area contributed by atoms with E-state index in [2.05, 4.69) is 10.3 Å². The number of fused-ring (bicyclic) bond motifs is 1. The molecule has 8 heteroatoms. The second kappa shape index (κ2) is 5.59. The average Bonchev–Trinajstić information content (AvgIpc) is 2.55. The first kappa shape index (κ1) is 15.4. The highest BCUT2D eigenvalue weighted by Crippen LogP contribution is 2.25. The summed E-state index contributed by atoms with van der Waals surface area (Å²) in [5.41, 5.74) is 0.593. The molecule has 3 rings (SSSR count). The van der Waals surface area contributed by atoms with E-state index in [9.17, 15) is 9.59 Å². The number of halogens is 1.